The van der Waals surface area contributed by atoms with E-state index in [1.807, 2.05) is 121 Å². The number of nitrogens with one attached hydrogen (secondary N) is 2. The van der Waals surface area contributed by atoms with Gasteiger partial charge >= 0.3 is 141 Å². The van der Waals surface area contributed by atoms with E-state index < -0.39 is 56.1 Å². The van der Waals surface area contributed by atoms with Crippen LogP contribution in [0, 0.1) is 6.92 Å². The standard InChI is InChI=1S/2C11H14O2.C10H11BrO2.C10H13NO4S.C10H11O2.C9H9BrO2.C9H11NO4S.H3N.3Na.2O3S.H2O/c2*1-3-9-4-6-10(7-5-9)8-11(12)13-2;1-13-10(12)6-8-2-4-9(7-11)5-3-8;1-15-10(12)6-8-2-4-9(5-3-8)7-11-16(13)14;1-8-3-5-9(6-4-8)7-10(11)12-2;10-6-8-3-1-7(2-4-8)5-9(11)12;11-9(12)5-7-1-3-8(4-2-7)6-10-15(13)14;;;;;2*1-4(2)3;/h2*4-7H,3,8H2,1-2H3;2-5H,6-7H2,1H3;2-5,11H,6-7H2,1H3,(H,13,14);3-6H,1,7H2,2H3;1-4H,5-6H2,(H,11,12);1-4,10H,5-6H2,(H,11,12)(H,13,14);1H3;;;;;;1H2/q;;;;-1;;;;3*+1;;-2;/p-2. The molecule has 0 aliphatic rings. The number of aryl methyl sites for hydroxylation is 2. The van der Waals surface area contributed by atoms with E-state index in [-0.39, 0.29) is 162 Å². The van der Waals surface area contributed by atoms with Crippen molar-refractivity contribution in [3.63, 3.8) is 0 Å². The first-order valence-corrected chi connectivity index (χ1v) is 36.2. The minimum Gasteiger partial charge on any atom is -0.917 e. The van der Waals surface area contributed by atoms with E-state index in [1.54, 1.807) is 48.5 Å². The number of carboxylic acid groups (broad SMARTS) is 2. The van der Waals surface area contributed by atoms with Gasteiger partial charge in [0.25, 0.3) is 0 Å². The van der Waals surface area contributed by atoms with Crippen LogP contribution in [0.2, 0.25) is 0 Å². The van der Waals surface area contributed by atoms with Gasteiger partial charge in [-0.05, 0) is 79.6 Å². The maximum Gasteiger partial charge on any atom is 1.00 e. The van der Waals surface area contributed by atoms with E-state index in [9.17, 15) is 51.1 Å². The number of carbonyl (C=O) groups excluding carboxylic acids is 5. The van der Waals surface area contributed by atoms with Crippen LogP contribution in [0.5, 0.6) is 0 Å². The third-order valence-corrected chi connectivity index (χ3v) is 14.7. The van der Waals surface area contributed by atoms with Gasteiger partial charge in [0.1, 0.15) is 0 Å². The Morgan fingerprint density at radius 1 is 0.383 bits per heavy atom. The molecule has 28 nitrogen and oxygen atoms in total. The van der Waals surface area contributed by atoms with E-state index in [1.165, 1.54) is 52.2 Å². The summed E-state index contributed by atoms with van der Waals surface area (Å²) in [5, 5.41) is 18.6. The van der Waals surface area contributed by atoms with Crippen molar-refractivity contribution in [2.75, 3.05) is 35.5 Å². The van der Waals surface area contributed by atoms with Crippen LogP contribution in [0.25, 0.3) is 0 Å². The number of carboxylic acids is 2. The molecule has 0 saturated heterocycles. The molecule has 0 aliphatic carbocycles. The first-order chi connectivity index (χ1) is 48.4. The van der Waals surface area contributed by atoms with Crippen molar-refractivity contribution in [2.24, 2.45) is 0 Å². The molecule has 37 heteroatoms. The molecule has 0 heterocycles. The van der Waals surface area contributed by atoms with Gasteiger partial charge in [-0.15, -0.1) is 24.8 Å². The molecule has 0 spiro atoms. The Morgan fingerprint density at radius 2 is 0.542 bits per heavy atom. The Labute approximate surface area is 716 Å². The van der Waals surface area contributed by atoms with Crippen LogP contribution in [-0.2, 0) is 191 Å². The molecule has 0 radical (unpaired) electrons. The van der Waals surface area contributed by atoms with Gasteiger partial charge in [-0.25, -0.2) is 9.44 Å². The van der Waals surface area contributed by atoms with Gasteiger partial charge in [-0.1, -0.05) is 197 Å². The Balaban J connectivity index is -0.000000213. The second kappa shape index (κ2) is 71.8. The number of halogens is 2. The number of rotatable bonds is 24. The number of alkyl halides is 2. The summed E-state index contributed by atoms with van der Waals surface area (Å²) in [4.78, 5) is 75.2. The van der Waals surface area contributed by atoms with Crippen LogP contribution in [0.1, 0.15) is 91.7 Å². The van der Waals surface area contributed by atoms with Gasteiger partial charge in [0.15, 0.2) is 0 Å². The van der Waals surface area contributed by atoms with Gasteiger partial charge in [0, 0.05) is 46.3 Å². The van der Waals surface area contributed by atoms with Crippen LogP contribution in [0.15, 0.2) is 170 Å². The number of esters is 5. The Hall–Kier alpha value is -5.75. The van der Waals surface area contributed by atoms with Crippen molar-refractivity contribution in [3.8, 4) is 0 Å². The molecule has 7 aromatic carbocycles. The summed E-state index contributed by atoms with van der Waals surface area (Å²) in [5.74, 6) is -2.78. The largest absolute Gasteiger partial charge is 1.00 e. The molecule has 7 rings (SSSR count). The topological polar surface area (TPSA) is 485 Å². The fraction of sp³-hybridized carbons (Fsp3) is 0.286. The Kier molecular flexibility index (Phi) is 76.9. The number of methoxy groups -OCH3 is 5. The minimum atomic E-state index is -3.11. The van der Waals surface area contributed by atoms with Crippen LogP contribution in [0.3, 0.4) is 0 Å². The molecule has 9 N–H and O–H groups in total. The van der Waals surface area contributed by atoms with Crippen molar-refractivity contribution < 1.29 is 205 Å². The monoisotopic (exact) mass is 1720 g/mol. The molecule has 0 aliphatic heterocycles. The molecule has 7 aromatic rings. The van der Waals surface area contributed by atoms with Crippen molar-refractivity contribution in [1.29, 1.82) is 0 Å². The predicted octanol–water partition coefficient (Wildman–Crippen LogP) is -0.727. The molecular formula is C70H86Br2N3Na3O25S4-2. The molecule has 0 aromatic heterocycles. The number of benzene rings is 7. The van der Waals surface area contributed by atoms with Gasteiger partial charge in [0.2, 0.25) is 0 Å². The number of carbonyl (C=O) groups is 7. The molecule has 107 heavy (non-hydrogen) atoms. The van der Waals surface area contributed by atoms with E-state index in [2.05, 4.69) is 85.8 Å². The molecule has 574 valence electrons. The van der Waals surface area contributed by atoms with Crippen molar-refractivity contribution in [3.05, 3.63) is 255 Å². The zero-order chi connectivity index (χ0) is 77.4. The quantitative estimate of drug-likeness (QED) is 0.00728. The third-order valence-electron chi connectivity index (χ3n) is 12.7. The van der Waals surface area contributed by atoms with E-state index in [0.29, 0.717) is 31.2 Å². The maximum atomic E-state index is 11.0. The SMILES string of the molecule is CCc1ccc(CC(=O)OC)cc1.CCc1ccc(CC(=O)OC)cc1.COC(=O)Cc1ccc(CBr)cc1.COC(=O)Cc1ccc(CNS(=O)[O-])cc1.N.O.O=C(O)Cc1ccc(CBr)cc1.O=C(O)Cc1ccc(CNS(=O)[O-])cc1.O=S(=O)=O.O=[S-](=O)[O-].[CH2-]c1ccc(CC(=O)OC)cc1.[Na+].[Na+].[Na+]. The zero-order valence-electron chi connectivity index (χ0n) is 61.0. The molecule has 0 bridgehead atoms. The number of hydrogen-bond acceptors (Lipinski definition) is 24. The fourth-order valence-electron chi connectivity index (χ4n) is 7.31. The first-order valence-electron chi connectivity index (χ1n) is 29.8. The van der Waals surface area contributed by atoms with Gasteiger partial charge < -0.3 is 67.6 Å². The van der Waals surface area contributed by atoms with Crippen molar-refractivity contribution >= 4 is 118 Å². The molecule has 0 saturated carbocycles. The van der Waals surface area contributed by atoms with Crippen LogP contribution in [0.4, 0.5) is 0 Å². The van der Waals surface area contributed by atoms with E-state index in [4.69, 9.17) is 35.8 Å². The van der Waals surface area contributed by atoms with E-state index >= 15 is 0 Å². The van der Waals surface area contributed by atoms with Gasteiger partial charge in [-0.2, -0.15) is 35.6 Å². The Morgan fingerprint density at radius 3 is 0.701 bits per heavy atom. The van der Waals surface area contributed by atoms with Crippen LogP contribution in [-0.4, -0.2) is 128 Å². The van der Waals surface area contributed by atoms with E-state index in [0.717, 1.165) is 79.1 Å². The first kappa shape index (κ1) is 115. The summed E-state index contributed by atoms with van der Waals surface area (Å²) in [6.45, 7) is 8.41. The van der Waals surface area contributed by atoms with Crippen molar-refractivity contribution in [1.82, 2.24) is 15.6 Å². The predicted molar refractivity (Wildman–Crippen MR) is 394 cm³/mol. The van der Waals surface area contributed by atoms with Crippen molar-refractivity contribution in [2.45, 2.75) is 95.4 Å². The summed E-state index contributed by atoms with van der Waals surface area (Å²) in [5.41, 5.74) is 13.8. The number of aliphatic carboxylic acids is 2. The van der Waals surface area contributed by atoms with Crippen LogP contribution < -0.4 is 104 Å². The third kappa shape index (κ3) is 66.9. The fourth-order valence-corrected chi connectivity index (χ4v) is 8.63. The zero-order valence-corrected chi connectivity index (χ0v) is 73.5. The van der Waals surface area contributed by atoms with Gasteiger partial charge in [-0.3, -0.25) is 42.0 Å². The normalized spacial score (nSPS) is 9.77. The molecule has 2 unspecified atom stereocenters. The van der Waals surface area contributed by atoms with Crippen LogP contribution >= 0.6 is 31.9 Å². The van der Waals surface area contributed by atoms with Gasteiger partial charge in [0.05, 0.1) is 80.5 Å². The summed E-state index contributed by atoms with van der Waals surface area (Å²) < 4.78 is 119. The second-order valence-electron chi connectivity index (χ2n) is 20.1. The summed E-state index contributed by atoms with van der Waals surface area (Å²) in [7, 11) is 0.711. The summed E-state index contributed by atoms with van der Waals surface area (Å²) >= 11 is 2.14. The smallest absolute Gasteiger partial charge is 0.917 e. The number of ether oxygens (including phenoxy) is 5. The molecule has 2 atom stereocenters. The minimum absolute atomic E-state index is 0. The maximum absolute atomic E-state index is 11.0. The molecule has 0 amide bonds. The average Bonchev–Trinajstić information content (AvgIpc) is 0.894. The second-order valence-corrected chi connectivity index (χ2v) is 23.6. The molecular weight excluding hydrogens is 1640 g/mol. The Bertz CT molecular complexity index is 3680. The average molecular weight is 1730 g/mol. The summed E-state index contributed by atoms with van der Waals surface area (Å²) in [6.07, 6.45) is 3.75. The number of hydrogen-bond donors (Lipinski definition) is 5. The summed E-state index contributed by atoms with van der Waals surface area (Å²) in [6, 6.07) is 52.7. The molecule has 0 fully saturated rings.